The van der Waals surface area contributed by atoms with Crippen LogP contribution in [0.25, 0.3) is 0 Å². The van der Waals surface area contributed by atoms with Gasteiger partial charge in [0.2, 0.25) is 5.88 Å². The highest BCUT2D eigenvalue weighted by Gasteiger charge is 2.27. The second-order valence-corrected chi connectivity index (χ2v) is 8.94. The maximum atomic E-state index is 6.21. The summed E-state index contributed by atoms with van der Waals surface area (Å²) in [6.45, 7) is 4.76. The molecule has 34 heavy (non-hydrogen) atoms. The lowest BCUT2D eigenvalue weighted by atomic mass is 10.0. The van der Waals surface area contributed by atoms with E-state index in [0.29, 0.717) is 18.5 Å². The second kappa shape index (κ2) is 10.8. The van der Waals surface area contributed by atoms with Crippen molar-refractivity contribution < 1.29 is 14.2 Å². The summed E-state index contributed by atoms with van der Waals surface area (Å²) >= 11 is 0. The smallest absolute Gasteiger partial charge is 0.217 e. The van der Waals surface area contributed by atoms with E-state index in [4.69, 9.17) is 19.2 Å². The molecule has 3 aromatic rings. The molecule has 2 saturated heterocycles. The summed E-state index contributed by atoms with van der Waals surface area (Å²) in [6.07, 6.45) is 3.40. The third kappa shape index (κ3) is 5.45. The fourth-order valence-electron chi connectivity index (χ4n) is 4.82. The number of benzene rings is 2. The maximum absolute atomic E-state index is 6.21. The first-order chi connectivity index (χ1) is 16.8. The van der Waals surface area contributed by atoms with Crippen LogP contribution in [0.3, 0.4) is 0 Å². The number of hydrogen-bond acceptors (Lipinski definition) is 6. The Hall–Kier alpha value is -3.25. The molecule has 6 heteroatoms. The Morgan fingerprint density at radius 2 is 1.74 bits per heavy atom. The zero-order chi connectivity index (χ0) is 23.2. The molecule has 6 nitrogen and oxygen atoms in total. The zero-order valence-electron chi connectivity index (χ0n) is 19.9. The van der Waals surface area contributed by atoms with Gasteiger partial charge < -0.3 is 24.0 Å². The maximum Gasteiger partial charge on any atom is 0.217 e. The van der Waals surface area contributed by atoms with E-state index in [2.05, 4.69) is 52.3 Å². The van der Waals surface area contributed by atoms with Crippen LogP contribution in [0.15, 0.2) is 66.7 Å². The highest BCUT2D eigenvalue weighted by atomic mass is 16.5. The summed E-state index contributed by atoms with van der Waals surface area (Å²) < 4.78 is 17.1. The lowest BCUT2D eigenvalue weighted by Gasteiger charge is -2.31. The molecule has 3 heterocycles. The normalized spacial score (nSPS) is 18.2. The average molecular weight is 460 g/mol. The van der Waals surface area contributed by atoms with Gasteiger partial charge in [-0.15, -0.1) is 0 Å². The summed E-state index contributed by atoms with van der Waals surface area (Å²) in [7, 11) is 1.68. The van der Waals surface area contributed by atoms with Gasteiger partial charge in [0.1, 0.15) is 18.2 Å². The van der Waals surface area contributed by atoms with Crippen molar-refractivity contribution in [3.8, 4) is 11.6 Å². The first kappa shape index (κ1) is 22.5. The molecule has 0 saturated carbocycles. The summed E-state index contributed by atoms with van der Waals surface area (Å²) in [4.78, 5) is 9.81. The van der Waals surface area contributed by atoms with E-state index < -0.39 is 0 Å². The second-order valence-electron chi connectivity index (χ2n) is 8.94. The summed E-state index contributed by atoms with van der Waals surface area (Å²) in [5, 5.41) is 0. The first-order valence-electron chi connectivity index (χ1n) is 12.2. The van der Waals surface area contributed by atoms with E-state index in [1.54, 1.807) is 7.11 Å². The Morgan fingerprint density at radius 1 is 0.941 bits per heavy atom. The Morgan fingerprint density at radius 3 is 2.50 bits per heavy atom. The molecule has 1 aromatic heterocycles. The lowest BCUT2D eigenvalue weighted by Crippen LogP contribution is -2.37. The molecule has 0 radical (unpaired) electrons. The Balaban J connectivity index is 1.38. The number of anilines is 2. The molecular weight excluding hydrogens is 426 g/mol. The van der Waals surface area contributed by atoms with Gasteiger partial charge >= 0.3 is 0 Å². The summed E-state index contributed by atoms with van der Waals surface area (Å²) in [5.74, 6) is 2.52. The molecule has 2 fully saturated rings. The molecule has 178 valence electrons. The van der Waals surface area contributed by atoms with Crippen LogP contribution >= 0.6 is 0 Å². The Bertz CT molecular complexity index is 1050. The number of nitrogens with zero attached hydrogens (tertiary/aromatic N) is 3. The molecule has 2 aliphatic heterocycles. The standard InChI is InChI=1S/C28H33N3O3/c1-32-26-11-9-23(10-12-26)21-34-28-20-25(30-14-16-33-17-15-30)19-27(29-28)31-13-5-8-24(31)18-22-6-3-2-4-7-22/h2-4,6-7,9-12,19-20,24H,5,8,13-18,21H2,1H3/t24-/m0/s1. The third-order valence-electron chi connectivity index (χ3n) is 6.68. The van der Waals surface area contributed by atoms with Crippen LogP contribution in [-0.2, 0) is 17.8 Å². The summed E-state index contributed by atoms with van der Waals surface area (Å²) in [6, 6.07) is 23.5. The molecule has 0 spiro atoms. The molecular formula is C28H33N3O3. The van der Waals surface area contributed by atoms with Crippen molar-refractivity contribution in [1.82, 2.24) is 4.98 Å². The van der Waals surface area contributed by atoms with Gasteiger partial charge in [-0.05, 0) is 42.5 Å². The van der Waals surface area contributed by atoms with Gasteiger partial charge in [-0.1, -0.05) is 42.5 Å². The molecule has 0 aliphatic carbocycles. The van der Waals surface area contributed by atoms with E-state index in [9.17, 15) is 0 Å². The van der Waals surface area contributed by atoms with Crippen molar-refractivity contribution in [1.29, 1.82) is 0 Å². The monoisotopic (exact) mass is 459 g/mol. The van der Waals surface area contributed by atoms with Crippen LogP contribution in [0.5, 0.6) is 11.6 Å². The zero-order valence-corrected chi connectivity index (χ0v) is 19.9. The van der Waals surface area contributed by atoms with Crippen LogP contribution < -0.4 is 19.3 Å². The SMILES string of the molecule is COc1ccc(COc2cc(N3CCOCC3)cc(N3CCC[C@H]3Cc3ccccc3)n2)cc1. The van der Waals surface area contributed by atoms with Gasteiger partial charge in [0.25, 0.3) is 0 Å². The van der Waals surface area contributed by atoms with Crippen molar-refractivity contribution in [2.45, 2.75) is 31.9 Å². The lowest BCUT2D eigenvalue weighted by molar-refractivity contribution is 0.122. The minimum atomic E-state index is 0.448. The van der Waals surface area contributed by atoms with Gasteiger partial charge in [0.15, 0.2) is 0 Å². The fourth-order valence-corrected chi connectivity index (χ4v) is 4.82. The molecule has 0 bridgehead atoms. The molecule has 0 amide bonds. The molecule has 0 unspecified atom stereocenters. The van der Waals surface area contributed by atoms with Gasteiger partial charge in [0, 0.05) is 43.5 Å². The predicted molar refractivity (Wildman–Crippen MR) is 135 cm³/mol. The average Bonchev–Trinajstić information content (AvgIpc) is 3.37. The fraction of sp³-hybridized carbons (Fsp3) is 0.393. The van der Waals surface area contributed by atoms with Crippen molar-refractivity contribution >= 4 is 11.5 Å². The summed E-state index contributed by atoms with van der Waals surface area (Å²) in [5.41, 5.74) is 3.62. The minimum absolute atomic E-state index is 0.448. The highest BCUT2D eigenvalue weighted by molar-refractivity contribution is 5.59. The van der Waals surface area contributed by atoms with E-state index in [1.165, 1.54) is 18.4 Å². The van der Waals surface area contributed by atoms with Crippen LogP contribution in [0.4, 0.5) is 11.5 Å². The highest BCUT2D eigenvalue weighted by Crippen LogP contribution is 2.32. The van der Waals surface area contributed by atoms with Gasteiger partial charge in [-0.2, -0.15) is 4.98 Å². The van der Waals surface area contributed by atoms with Gasteiger partial charge in [0.05, 0.1) is 20.3 Å². The largest absolute Gasteiger partial charge is 0.497 e. The van der Waals surface area contributed by atoms with E-state index >= 15 is 0 Å². The van der Waals surface area contributed by atoms with E-state index in [-0.39, 0.29) is 0 Å². The first-order valence-corrected chi connectivity index (χ1v) is 12.2. The van der Waals surface area contributed by atoms with Crippen molar-refractivity contribution in [3.05, 3.63) is 77.9 Å². The Kier molecular flexibility index (Phi) is 7.15. The van der Waals surface area contributed by atoms with E-state index in [1.807, 2.05) is 24.3 Å². The van der Waals surface area contributed by atoms with E-state index in [0.717, 1.165) is 62.1 Å². The van der Waals surface area contributed by atoms with Crippen LogP contribution in [0.1, 0.15) is 24.0 Å². The number of morpholine rings is 1. The molecule has 2 aliphatic rings. The molecule has 1 atom stereocenters. The third-order valence-corrected chi connectivity index (χ3v) is 6.68. The minimum Gasteiger partial charge on any atom is -0.497 e. The predicted octanol–water partition coefficient (Wildman–Crippen LogP) is 4.72. The molecule has 2 aromatic carbocycles. The van der Waals surface area contributed by atoms with Gasteiger partial charge in [-0.25, -0.2) is 0 Å². The van der Waals surface area contributed by atoms with Crippen molar-refractivity contribution in [3.63, 3.8) is 0 Å². The topological polar surface area (TPSA) is 47.1 Å². The van der Waals surface area contributed by atoms with Crippen LogP contribution in [0.2, 0.25) is 0 Å². The number of aromatic nitrogens is 1. The molecule has 0 N–H and O–H groups in total. The van der Waals surface area contributed by atoms with Crippen LogP contribution in [-0.4, -0.2) is 51.0 Å². The Labute approximate surface area is 202 Å². The van der Waals surface area contributed by atoms with Crippen molar-refractivity contribution in [2.24, 2.45) is 0 Å². The number of methoxy groups -OCH3 is 1. The van der Waals surface area contributed by atoms with Crippen molar-refractivity contribution in [2.75, 3.05) is 49.8 Å². The number of ether oxygens (including phenoxy) is 3. The number of pyridine rings is 1. The van der Waals surface area contributed by atoms with Gasteiger partial charge in [-0.3, -0.25) is 0 Å². The number of rotatable bonds is 8. The molecule has 5 rings (SSSR count). The number of hydrogen-bond donors (Lipinski definition) is 0. The van der Waals surface area contributed by atoms with Crippen LogP contribution in [0, 0.1) is 0 Å². The quantitative estimate of drug-likeness (QED) is 0.486.